The minimum atomic E-state index is -0.383. The summed E-state index contributed by atoms with van der Waals surface area (Å²) in [5, 5.41) is 19.1. The average molecular weight is 391 g/mol. The van der Waals surface area contributed by atoms with Gasteiger partial charge < -0.3 is 0 Å². The van der Waals surface area contributed by atoms with E-state index in [0.717, 1.165) is 0 Å². The van der Waals surface area contributed by atoms with Crippen LogP contribution in [0.3, 0.4) is 0 Å². The van der Waals surface area contributed by atoms with Crippen molar-refractivity contribution in [1.29, 1.82) is 0 Å². The van der Waals surface area contributed by atoms with Gasteiger partial charge in [-0.05, 0) is 0 Å². The Balaban J connectivity index is 2.01. The number of aromatic hydroxyl groups is 2. The number of anilines is 1. The summed E-state index contributed by atoms with van der Waals surface area (Å²) >= 11 is 2.84. The SMILES string of the molecule is CN1C(=[Se])N(c2ccc(F)cc2)C(=O)C1=Cc1cc(O)cc(O)c1. The van der Waals surface area contributed by atoms with Gasteiger partial charge in [0.05, 0.1) is 0 Å². The number of hydrogen-bond acceptors (Lipinski definition) is 4. The van der Waals surface area contributed by atoms with Gasteiger partial charge in [-0.2, -0.15) is 0 Å². The van der Waals surface area contributed by atoms with Crippen LogP contribution >= 0.6 is 0 Å². The predicted molar refractivity (Wildman–Crippen MR) is 90.2 cm³/mol. The van der Waals surface area contributed by atoms with E-state index in [4.69, 9.17) is 0 Å². The number of nitrogens with zero attached hydrogens (tertiary/aromatic N) is 2. The first kappa shape index (κ1) is 16.2. The zero-order valence-electron chi connectivity index (χ0n) is 12.6. The molecule has 2 N–H and O–H groups in total. The van der Waals surface area contributed by atoms with E-state index in [1.165, 1.54) is 47.4 Å². The van der Waals surface area contributed by atoms with Crippen LogP contribution in [-0.4, -0.2) is 48.3 Å². The summed E-state index contributed by atoms with van der Waals surface area (Å²) in [5.41, 5.74) is 1.36. The van der Waals surface area contributed by atoms with E-state index in [-0.39, 0.29) is 23.2 Å². The second-order valence-corrected chi connectivity index (χ2v) is 6.04. The molecular formula is C17H13FN2O3Se. The number of carbonyl (C=O) groups is 1. The first-order valence-corrected chi connectivity index (χ1v) is 7.85. The molecule has 122 valence electrons. The average Bonchev–Trinajstić information content (AvgIpc) is 2.71. The van der Waals surface area contributed by atoms with Gasteiger partial charge in [0, 0.05) is 0 Å². The Kier molecular flexibility index (Phi) is 4.13. The first-order chi connectivity index (χ1) is 11.4. The third-order valence-electron chi connectivity index (χ3n) is 3.57. The number of amides is 1. The second-order valence-electron chi connectivity index (χ2n) is 5.27. The first-order valence-electron chi connectivity index (χ1n) is 6.99. The third kappa shape index (κ3) is 2.91. The fraction of sp³-hybridized carbons (Fsp3) is 0.0588. The van der Waals surface area contributed by atoms with Gasteiger partial charge in [0.1, 0.15) is 0 Å². The van der Waals surface area contributed by atoms with Crippen LogP contribution in [0.5, 0.6) is 11.5 Å². The molecule has 0 radical (unpaired) electrons. The second kappa shape index (κ2) is 6.11. The molecule has 1 aliphatic rings. The number of carbonyl (C=O) groups excluding carboxylic acids is 1. The molecule has 0 spiro atoms. The van der Waals surface area contributed by atoms with Crippen LogP contribution in [-0.2, 0) is 4.79 Å². The summed E-state index contributed by atoms with van der Waals surface area (Å²) in [5.74, 6) is -0.887. The maximum absolute atomic E-state index is 13.1. The van der Waals surface area contributed by atoms with Gasteiger partial charge in [-0.25, -0.2) is 0 Å². The van der Waals surface area contributed by atoms with Crippen molar-refractivity contribution in [2.24, 2.45) is 0 Å². The number of rotatable bonds is 2. The molecule has 7 heteroatoms. The molecule has 0 unspecified atom stereocenters. The van der Waals surface area contributed by atoms with Crippen LogP contribution in [0.1, 0.15) is 5.56 Å². The third-order valence-corrected chi connectivity index (χ3v) is 4.53. The Morgan fingerprint density at radius 2 is 1.67 bits per heavy atom. The van der Waals surface area contributed by atoms with E-state index < -0.39 is 0 Å². The zero-order valence-corrected chi connectivity index (χ0v) is 14.3. The molecule has 2 aromatic rings. The van der Waals surface area contributed by atoms with Crippen LogP contribution in [0.15, 0.2) is 48.2 Å². The summed E-state index contributed by atoms with van der Waals surface area (Å²) < 4.78 is 13.6. The molecule has 0 atom stereocenters. The quantitative estimate of drug-likeness (QED) is 0.606. The van der Waals surface area contributed by atoms with E-state index in [0.29, 0.717) is 21.6 Å². The summed E-state index contributed by atoms with van der Waals surface area (Å²) in [7, 11) is 1.71. The van der Waals surface area contributed by atoms with Crippen LogP contribution in [0.25, 0.3) is 6.08 Å². The van der Waals surface area contributed by atoms with Crippen molar-refractivity contribution >= 4 is 37.9 Å². The molecule has 2 aromatic carbocycles. The number of phenols is 2. The van der Waals surface area contributed by atoms with Crippen LogP contribution in [0, 0.1) is 5.82 Å². The normalized spacial score (nSPS) is 16.3. The molecule has 0 aromatic heterocycles. The molecule has 0 saturated carbocycles. The molecule has 1 fully saturated rings. The number of phenolic OH excluding ortho intramolecular Hbond substituents is 2. The number of benzene rings is 2. The molecule has 0 aliphatic carbocycles. The van der Waals surface area contributed by atoms with Crippen molar-refractivity contribution < 1.29 is 19.4 Å². The number of hydrogen-bond donors (Lipinski definition) is 2. The summed E-state index contributed by atoms with van der Waals surface area (Å²) in [6, 6.07) is 9.68. The van der Waals surface area contributed by atoms with Crippen LogP contribution in [0.2, 0.25) is 0 Å². The summed E-state index contributed by atoms with van der Waals surface area (Å²) in [6.07, 6.45) is 1.56. The molecule has 0 bridgehead atoms. The van der Waals surface area contributed by atoms with E-state index >= 15 is 0 Å². The zero-order chi connectivity index (χ0) is 17.4. The predicted octanol–water partition coefficient (Wildman–Crippen LogP) is 1.81. The van der Waals surface area contributed by atoms with E-state index in [2.05, 4.69) is 15.6 Å². The molecule has 24 heavy (non-hydrogen) atoms. The molecule has 1 amide bonds. The van der Waals surface area contributed by atoms with Crippen molar-refractivity contribution in [2.75, 3.05) is 11.9 Å². The Morgan fingerprint density at radius 1 is 1.08 bits per heavy atom. The Bertz CT molecular complexity index is 844. The van der Waals surface area contributed by atoms with Gasteiger partial charge in [0.2, 0.25) is 0 Å². The standard InChI is InChI=1S/C17H13FN2O3Se/c1-19-15(8-10-6-13(21)9-14(22)7-10)16(23)20(17(19)24)12-4-2-11(18)3-5-12/h2-9,21-22H,1H3. The van der Waals surface area contributed by atoms with E-state index in [9.17, 15) is 19.4 Å². The van der Waals surface area contributed by atoms with Crippen molar-refractivity contribution in [1.82, 2.24) is 4.90 Å². The molecule has 1 heterocycles. The van der Waals surface area contributed by atoms with E-state index in [1.54, 1.807) is 18.0 Å². The fourth-order valence-electron chi connectivity index (χ4n) is 2.43. The Morgan fingerprint density at radius 3 is 2.25 bits per heavy atom. The summed E-state index contributed by atoms with van der Waals surface area (Å²) in [6.45, 7) is 0. The molecule has 3 rings (SSSR count). The monoisotopic (exact) mass is 392 g/mol. The fourth-order valence-corrected chi connectivity index (χ4v) is 3.04. The van der Waals surface area contributed by atoms with Gasteiger partial charge >= 0.3 is 145 Å². The topological polar surface area (TPSA) is 64.0 Å². The van der Waals surface area contributed by atoms with Crippen molar-refractivity contribution in [2.45, 2.75) is 0 Å². The molecule has 5 nitrogen and oxygen atoms in total. The number of likely N-dealkylation sites (N-methyl/N-ethyl adjacent to an activating group) is 1. The van der Waals surface area contributed by atoms with E-state index in [1.807, 2.05) is 0 Å². The molecule has 1 aliphatic heterocycles. The summed E-state index contributed by atoms with van der Waals surface area (Å²) in [4.78, 5) is 15.8. The van der Waals surface area contributed by atoms with Crippen LogP contribution < -0.4 is 4.90 Å². The molecule has 1 saturated heterocycles. The Hall–Kier alpha value is -2.63. The maximum atomic E-state index is 13.1. The Labute approximate surface area is 145 Å². The van der Waals surface area contributed by atoms with Gasteiger partial charge in [-0.15, -0.1) is 0 Å². The minimum absolute atomic E-state index is 0.0994. The van der Waals surface area contributed by atoms with Gasteiger partial charge in [0.25, 0.3) is 0 Å². The van der Waals surface area contributed by atoms with Crippen molar-refractivity contribution in [3.05, 3.63) is 59.5 Å². The molecular weight excluding hydrogens is 378 g/mol. The van der Waals surface area contributed by atoms with Gasteiger partial charge in [-0.3, -0.25) is 0 Å². The van der Waals surface area contributed by atoms with Crippen LogP contribution in [0.4, 0.5) is 10.1 Å². The number of halogens is 1. The van der Waals surface area contributed by atoms with Gasteiger partial charge in [-0.1, -0.05) is 0 Å². The van der Waals surface area contributed by atoms with Crippen molar-refractivity contribution in [3.63, 3.8) is 0 Å². The van der Waals surface area contributed by atoms with Gasteiger partial charge in [0.15, 0.2) is 0 Å². The van der Waals surface area contributed by atoms with Crippen molar-refractivity contribution in [3.8, 4) is 11.5 Å².